The summed E-state index contributed by atoms with van der Waals surface area (Å²) in [6, 6.07) is 26.1. The average molecular weight is 595 g/mol. The van der Waals surface area contributed by atoms with E-state index in [4.69, 9.17) is 23.9 Å². The lowest BCUT2D eigenvalue weighted by Gasteiger charge is -2.15. The molecular weight excluding hydrogens is 565 g/mol. The Morgan fingerprint density at radius 3 is 2.11 bits per heavy atom. The molecule has 0 aliphatic heterocycles. The van der Waals surface area contributed by atoms with Gasteiger partial charge in [-0.05, 0) is 82.7 Å². The number of benzene rings is 3. The fraction of sp³-hybridized carbons (Fsp3) is 0.233. The van der Waals surface area contributed by atoms with Crippen molar-refractivity contribution in [3.8, 4) is 17.2 Å². The Bertz CT molecular complexity index is 1270. The lowest BCUT2D eigenvalue weighted by molar-refractivity contribution is 0.0667. The van der Waals surface area contributed by atoms with Crippen molar-refractivity contribution in [1.29, 1.82) is 0 Å². The molecular formula is C30H30INO4. The number of rotatable bonds is 12. The van der Waals surface area contributed by atoms with E-state index in [0.717, 1.165) is 57.8 Å². The first kappa shape index (κ1) is 26.0. The molecule has 0 aliphatic rings. The van der Waals surface area contributed by atoms with Gasteiger partial charge in [-0.2, -0.15) is 0 Å². The largest absolute Gasteiger partial charge is 0.497 e. The number of fused-ring (bicyclic) bond motifs is 1. The van der Waals surface area contributed by atoms with E-state index in [9.17, 15) is 0 Å². The zero-order chi connectivity index (χ0) is 25.2. The Morgan fingerprint density at radius 1 is 0.806 bits per heavy atom. The molecule has 0 saturated carbocycles. The molecule has 0 saturated heterocycles. The smallest absolute Gasteiger partial charge is 0.129 e. The minimum absolute atomic E-state index is 0.0145. The fourth-order valence-electron chi connectivity index (χ4n) is 3.85. The topological polar surface area (TPSA) is 49.8 Å². The molecule has 0 amide bonds. The first-order chi connectivity index (χ1) is 17.7. The van der Waals surface area contributed by atoms with Gasteiger partial charge in [0.1, 0.15) is 23.9 Å². The number of pyridine rings is 1. The van der Waals surface area contributed by atoms with Gasteiger partial charge in [-0.3, -0.25) is 4.98 Å². The quantitative estimate of drug-likeness (QED) is 0.161. The van der Waals surface area contributed by atoms with Crippen LogP contribution in [0.4, 0.5) is 0 Å². The van der Waals surface area contributed by atoms with E-state index >= 15 is 0 Å². The summed E-state index contributed by atoms with van der Waals surface area (Å²) in [6.45, 7) is 1.04. The van der Waals surface area contributed by atoms with Crippen molar-refractivity contribution in [3.63, 3.8) is 0 Å². The molecule has 3 aromatic carbocycles. The van der Waals surface area contributed by atoms with Crippen LogP contribution in [0.1, 0.15) is 23.2 Å². The summed E-state index contributed by atoms with van der Waals surface area (Å²) in [7, 11) is 3.34. The van der Waals surface area contributed by atoms with Crippen LogP contribution in [-0.4, -0.2) is 25.3 Å². The highest BCUT2D eigenvalue weighted by atomic mass is 127. The highest BCUT2D eigenvalue weighted by Crippen LogP contribution is 2.26. The van der Waals surface area contributed by atoms with Crippen LogP contribution >= 0.6 is 22.6 Å². The average Bonchev–Trinajstić information content (AvgIpc) is 2.93. The van der Waals surface area contributed by atoms with E-state index in [1.165, 1.54) is 0 Å². The normalized spacial score (nSPS) is 12.1. The van der Waals surface area contributed by atoms with Crippen LogP contribution in [0.2, 0.25) is 0 Å². The molecule has 4 rings (SSSR count). The van der Waals surface area contributed by atoms with Crippen LogP contribution in [0.25, 0.3) is 10.9 Å². The second-order valence-corrected chi connectivity index (χ2v) is 9.04. The summed E-state index contributed by atoms with van der Waals surface area (Å²) in [5, 5.41) is 1.01. The third kappa shape index (κ3) is 7.21. The zero-order valence-corrected chi connectivity index (χ0v) is 22.7. The van der Waals surface area contributed by atoms with E-state index in [1.807, 2.05) is 70.8 Å². The highest BCUT2D eigenvalue weighted by molar-refractivity contribution is 14.1. The van der Waals surface area contributed by atoms with Gasteiger partial charge in [0.05, 0.1) is 32.4 Å². The molecule has 5 nitrogen and oxygen atoms in total. The third-order valence-corrected chi connectivity index (χ3v) is 6.31. The maximum Gasteiger partial charge on any atom is 0.129 e. The molecule has 36 heavy (non-hydrogen) atoms. The first-order valence-corrected chi connectivity index (χ1v) is 13.1. The Morgan fingerprint density at radius 2 is 1.47 bits per heavy atom. The predicted molar refractivity (Wildman–Crippen MR) is 152 cm³/mol. The lowest BCUT2D eigenvalue weighted by Crippen LogP contribution is -2.11. The summed E-state index contributed by atoms with van der Waals surface area (Å²) in [5.74, 6) is 2.51. The standard InChI is InChI=1S/C30H30INO4/c1-33-25-12-6-22(7-13-25)20-35-27(18-19-31)16-10-24-11-17-28-29(32-24)4-3-5-30(28)36-21-23-8-14-26(34-2)15-9-23/h3-9,11-15,17-19,27H,10,16,20-21H2,1-2H3/b19-18+. The van der Waals surface area contributed by atoms with Gasteiger partial charge >= 0.3 is 0 Å². The molecule has 186 valence electrons. The molecule has 6 heteroatoms. The molecule has 0 fully saturated rings. The number of aryl methyl sites for hydroxylation is 1. The molecule has 1 unspecified atom stereocenters. The van der Waals surface area contributed by atoms with Gasteiger partial charge in [0.2, 0.25) is 0 Å². The SMILES string of the molecule is COc1ccc(COc2cccc3nc(CCC(/C=C/I)OCc4ccc(OC)cc4)ccc23)cc1. The molecule has 0 bridgehead atoms. The molecule has 1 atom stereocenters. The zero-order valence-electron chi connectivity index (χ0n) is 20.5. The van der Waals surface area contributed by atoms with Crippen molar-refractivity contribution in [2.45, 2.75) is 32.2 Å². The summed E-state index contributed by atoms with van der Waals surface area (Å²) in [4.78, 5) is 4.89. The van der Waals surface area contributed by atoms with Crippen LogP contribution in [-0.2, 0) is 24.4 Å². The third-order valence-electron chi connectivity index (χ3n) is 5.90. The van der Waals surface area contributed by atoms with Crippen LogP contribution in [0, 0.1) is 0 Å². The molecule has 1 heterocycles. The molecule has 4 aromatic rings. The maximum absolute atomic E-state index is 6.17. The molecule has 0 radical (unpaired) electrons. The second-order valence-electron chi connectivity index (χ2n) is 8.32. The number of methoxy groups -OCH3 is 2. The molecule has 0 N–H and O–H groups in total. The van der Waals surface area contributed by atoms with Crippen LogP contribution in [0.15, 0.2) is 89.0 Å². The second kappa shape index (κ2) is 13.3. The summed E-state index contributed by atoms with van der Waals surface area (Å²) < 4.78 is 24.8. The number of halogens is 1. The molecule has 1 aromatic heterocycles. The maximum atomic E-state index is 6.17. The van der Waals surface area contributed by atoms with Crippen molar-refractivity contribution in [2.24, 2.45) is 0 Å². The highest BCUT2D eigenvalue weighted by Gasteiger charge is 2.10. The summed E-state index contributed by atoms with van der Waals surface area (Å²) in [5.41, 5.74) is 4.17. The Hall–Kier alpha value is -3.10. The van der Waals surface area contributed by atoms with Crippen molar-refractivity contribution in [1.82, 2.24) is 4.98 Å². The first-order valence-electron chi connectivity index (χ1n) is 11.8. The van der Waals surface area contributed by atoms with Gasteiger partial charge in [0, 0.05) is 11.1 Å². The van der Waals surface area contributed by atoms with Gasteiger partial charge in [-0.15, -0.1) is 0 Å². The van der Waals surface area contributed by atoms with E-state index < -0.39 is 0 Å². The van der Waals surface area contributed by atoms with Crippen molar-refractivity contribution in [2.75, 3.05) is 14.2 Å². The van der Waals surface area contributed by atoms with Crippen molar-refractivity contribution >= 4 is 33.5 Å². The van der Waals surface area contributed by atoms with Gasteiger partial charge in [0.25, 0.3) is 0 Å². The minimum atomic E-state index is 0.0145. The fourth-order valence-corrected chi connectivity index (χ4v) is 4.31. The Kier molecular flexibility index (Phi) is 9.58. The molecule has 0 aliphatic carbocycles. The van der Waals surface area contributed by atoms with E-state index in [-0.39, 0.29) is 6.10 Å². The Labute approximate surface area is 226 Å². The monoisotopic (exact) mass is 595 g/mol. The number of hydrogen-bond donors (Lipinski definition) is 0. The van der Waals surface area contributed by atoms with E-state index in [0.29, 0.717) is 13.2 Å². The summed E-state index contributed by atoms with van der Waals surface area (Å²) in [6.07, 6.45) is 3.78. The van der Waals surface area contributed by atoms with Gasteiger partial charge in [-0.1, -0.05) is 52.9 Å². The van der Waals surface area contributed by atoms with Gasteiger partial charge < -0.3 is 18.9 Å². The van der Waals surface area contributed by atoms with Crippen LogP contribution < -0.4 is 14.2 Å². The van der Waals surface area contributed by atoms with Gasteiger partial charge in [-0.25, -0.2) is 0 Å². The van der Waals surface area contributed by atoms with Crippen molar-refractivity contribution in [3.05, 3.63) is 106 Å². The minimum Gasteiger partial charge on any atom is -0.497 e. The molecule has 0 spiro atoms. The number of nitrogens with zero attached hydrogens (tertiary/aromatic N) is 1. The van der Waals surface area contributed by atoms with Crippen LogP contribution in [0.3, 0.4) is 0 Å². The van der Waals surface area contributed by atoms with Crippen LogP contribution in [0.5, 0.6) is 17.2 Å². The summed E-state index contributed by atoms with van der Waals surface area (Å²) >= 11 is 2.24. The predicted octanol–water partition coefficient (Wildman–Crippen LogP) is 7.30. The number of hydrogen-bond acceptors (Lipinski definition) is 5. The number of aromatic nitrogens is 1. The van der Waals surface area contributed by atoms with Crippen molar-refractivity contribution < 1.29 is 18.9 Å². The van der Waals surface area contributed by atoms with E-state index in [2.05, 4.69) is 40.8 Å². The Balaban J connectivity index is 1.36. The number of ether oxygens (including phenoxy) is 4. The van der Waals surface area contributed by atoms with E-state index in [1.54, 1.807) is 14.2 Å². The van der Waals surface area contributed by atoms with Gasteiger partial charge in [0.15, 0.2) is 0 Å². The lowest BCUT2D eigenvalue weighted by atomic mass is 10.1.